The monoisotopic (exact) mass is 844 g/mol. The lowest BCUT2D eigenvalue weighted by Crippen LogP contribution is -2.20. The quantitative estimate of drug-likeness (QED) is 0.115. The van der Waals surface area contributed by atoms with E-state index in [0.717, 1.165) is 51.7 Å². The lowest BCUT2D eigenvalue weighted by Gasteiger charge is -2.20. The minimum absolute atomic E-state index is 0.290. The van der Waals surface area contributed by atoms with Crippen molar-refractivity contribution >= 4 is 56.0 Å². The third-order valence-corrected chi connectivity index (χ3v) is 10.1. The maximum Gasteiger partial charge on any atom is 0.268 e. The van der Waals surface area contributed by atoms with Gasteiger partial charge in [-0.15, -0.1) is 0 Å². The van der Waals surface area contributed by atoms with E-state index in [1.807, 2.05) is 92.7 Å². The number of aryl methyl sites for hydroxylation is 2. The smallest absolute Gasteiger partial charge is 0.268 e. The summed E-state index contributed by atoms with van der Waals surface area (Å²) in [5.41, 5.74) is 7.42. The Labute approximate surface area is 298 Å². The first-order chi connectivity index (χ1) is 22.8. The minimum atomic E-state index is -0.707. The Balaban J connectivity index is 1.37. The van der Waals surface area contributed by atoms with Gasteiger partial charge < -0.3 is 4.74 Å². The number of H-pyrrole nitrogens is 4. The second kappa shape index (κ2) is 13.0. The van der Waals surface area contributed by atoms with E-state index < -0.39 is 5.92 Å². The van der Waals surface area contributed by atoms with Crippen molar-refractivity contribution in [3.63, 3.8) is 0 Å². The van der Waals surface area contributed by atoms with E-state index in [4.69, 9.17) is 4.74 Å². The molecule has 0 bridgehead atoms. The van der Waals surface area contributed by atoms with Crippen molar-refractivity contribution in [2.24, 2.45) is 0 Å². The summed E-state index contributed by atoms with van der Waals surface area (Å²) in [4.78, 5) is 27.5. The largest absolute Gasteiger partial charge is 0.487 e. The molecule has 0 spiro atoms. The number of aromatic amines is 4. The van der Waals surface area contributed by atoms with Crippen LogP contribution in [0.15, 0.2) is 113 Å². The van der Waals surface area contributed by atoms with Gasteiger partial charge in [0.25, 0.3) is 11.1 Å². The molecule has 0 saturated carbocycles. The van der Waals surface area contributed by atoms with Crippen molar-refractivity contribution in [3.05, 3.63) is 164 Å². The molecule has 234 valence electrons. The molecule has 47 heavy (non-hydrogen) atoms. The van der Waals surface area contributed by atoms with E-state index in [9.17, 15) is 9.59 Å². The molecule has 5 aromatic carbocycles. The highest BCUT2D eigenvalue weighted by molar-refractivity contribution is 14.1. The predicted octanol–water partition coefficient (Wildman–Crippen LogP) is 8.79. The zero-order valence-electron chi connectivity index (χ0n) is 25.6. The number of hydrogen-bond acceptors (Lipinski definition) is 3. The molecule has 4 N–H and O–H groups in total. The molecule has 0 aliphatic carbocycles. The summed E-state index contributed by atoms with van der Waals surface area (Å²) >= 11 is 4.58. The van der Waals surface area contributed by atoms with Crippen molar-refractivity contribution in [3.8, 4) is 28.3 Å². The second-order valence-corrected chi connectivity index (χ2v) is 14.0. The zero-order chi connectivity index (χ0) is 32.7. The van der Waals surface area contributed by atoms with Gasteiger partial charge in [0.15, 0.2) is 0 Å². The molecule has 2 aromatic heterocycles. The summed E-state index contributed by atoms with van der Waals surface area (Å²) in [5, 5.41) is 14.2. The molecule has 0 atom stereocenters. The van der Waals surface area contributed by atoms with Crippen LogP contribution in [0.5, 0.6) is 5.75 Å². The molecule has 2 heterocycles. The molecule has 7 aromatic rings. The van der Waals surface area contributed by atoms with Crippen molar-refractivity contribution in [1.29, 1.82) is 0 Å². The van der Waals surface area contributed by atoms with Gasteiger partial charge in [0, 0.05) is 5.92 Å². The van der Waals surface area contributed by atoms with Gasteiger partial charge in [-0.25, -0.2) is 0 Å². The molecule has 0 amide bonds. The normalized spacial score (nSPS) is 11.4. The molecule has 7 rings (SSSR count). The van der Waals surface area contributed by atoms with Gasteiger partial charge in [0.1, 0.15) is 12.4 Å². The van der Waals surface area contributed by atoms with E-state index in [0.29, 0.717) is 29.1 Å². The maximum absolute atomic E-state index is 13.8. The molecule has 0 radical (unpaired) electrons. The lowest BCUT2D eigenvalue weighted by atomic mass is 9.83. The highest BCUT2D eigenvalue weighted by Crippen LogP contribution is 2.41. The first kappa shape index (κ1) is 31.3. The van der Waals surface area contributed by atoms with E-state index in [-0.39, 0.29) is 11.1 Å². The van der Waals surface area contributed by atoms with Gasteiger partial charge in [0.2, 0.25) is 0 Å². The molecule has 0 saturated heterocycles. The first-order valence-electron chi connectivity index (χ1n) is 15.1. The minimum Gasteiger partial charge on any atom is -0.487 e. The SMILES string of the molecule is Cc1ccc(-c2[nH][nH]c(=O)c2C(c2cc(I)c(OCc3cccc4ccccc34)c(I)c2)c2c(-c3ccc(C)cc3)[nH][nH]c2=O)cc1. The van der Waals surface area contributed by atoms with Crippen molar-refractivity contribution < 1.29 is 4.74 Å². The van der Waals surface area contributed by atoms with Crippen molar-refractivity contribution in [2.45, 2.75) is 26.4 Å². The van der Waals surface area contributed by atoms with E-state index in [1.165, 1.54) is 5.39 Å². The fourth-order valence-electron chi connectivity index (χ4n) is 6.11. The summed E-state index contributed by atoms with van der Waals surface area (Å²) in [7, 11) is 0. The number of rotatable bonds is 8. The maximum atomic E-state index is 13.8. The molecule has 0 fully saturated rings. The van der Waals surface area contributed by atoms with Crippen LogP contribution in [0.2, 0.25) is 0 Å². The van der Waals surface area contributed by atoms with Crippen molar-refractivity contribution in [2.75, 3.05) is 0 Å². The van der Waals surface area contributed by atoms with Crippen LogP contribution in [0.1, 0.15) is 39.3 Å². The van der Waals surface area contributed by atoms with E-state index in [1.54, 1.807) is 0 Å². The Morgan fingerprint density at radius 1 is 0.638 bits per heavy atom. The van der Waals surface area contributed by atoms with Gasteiger partial charge in [0.05, 0.1) is 29.7 Å². The standard InChI is InChI=1S/C38H30I2N4O3/c1-21-10-14-24(15-11-21)34-32(37(45)43-41-34)31(33-35(42-44-38(33)46)25-16-12-22(2)13-17-25)27-18-29(39)36(30(40)19-27)47-20-26-8-5-7-23-6-3-4-9-28(23)26/h3-19,31H,20H2,1-2H3,(H2,41,43,45)(H2,42,44,46). The van der Waals surface area contributed by atoms with Gasteiger partial charge in [-0.3, -0.25) is 30.0 Å². The Kier molecular flexibility index (Phi) is 8.67. The average Bonchev–Trinajstić information content (AvgIpc) is 3.64. The fraction of sp³-hybridized carbons (Fsp3) is 0.105. The number of ether oxygens (including phenoxy) is 1. The second-order valence-electron chi connectivity index (χ2n) is 11.6. The van der Waals surface area contributed by atoms with Crippen LogP contribution in [-0.2, 0) is 6.61 Å². The Morgan fingerprint density at radius 3 is 1.70 bits per heavy atom. The third kappa shape index (κ3) is 6.09. The Bertz CT molecular complexity index is 2220. The predicted molar refractivity (Wildman–Crippen MR) is 204 cm³/mol. The van der Waals surface area contributed by atoms with Crippen molar-refractivity contribution in [1.82, 2.24) is 20.4 Å². The van der Waals surface area contributed by atoms with Crippen LogP contribution < -0.4 is 15.9 Å². The van der Waals surface area contributed by atoms with Crippen LogP contribution in [-0.4, -0.2) is 20.4 Å². The summed E-state index contributed by atoms with van der Waals surface area (Å²) in [5.74, 6) is 0.0480. The molecular formula is C38H30I2N4O3. The number of nitrogens with one attached hydrogen (secondary N) is 4. The number of benzene rings is 5. The lowest BCUT2D eigenvalue weighted by molar-refractivity contribution is 0.303. The summed E-state index contributed by atoms with van der Waals surface area (Å²) < 4.78 is 8.23. The van der Waals surface area contributed by atoms with Gasteiger partial charge in [-0.05, 0) is 104 Å². The molecule has 9 heteroatoms. The van der Waals surface area contributed by atoms with Crippen LogP contribution in [0, 0.1) is 21.0 Å². The van der Waals surface area contributed by atoms with Crippen LogP contribution in [0.4, 0.5) is 0 Å². The van der Waals surface area contributed by atoms with E-state index >= 15 is 0 Å². The molecule has 0 aliphatic rings. The van der Waals surface area contributed by atoms with Crippen LogP contribution in [0.25, 0.3) is 33.3 Å². The number of aromatic nitrogens is 4. The molecule has 7 nitrogen and oxygen atoms in total. The van der Waals surface area contributed by atoms with Crippen LogP contribution in [0.3, 0.4) is 0 Å². The summed E-state index contributed by atoms with van der Waals surface area (Å²) in [6.45, 7) is 4.45. The van der Waals surface area contributed by atoms with Gasteiger partial charge in [-0.2, -0.15) is 0 Å². The average molecular weight is 844 g/mol. The number of hydrogen-bond donors (Lipinski definition) is 4. The molecule has 0 aliphatic heterocycles. The molecule has 0 unspecified atom stereocenters. The molecular weight excluding hydrogens is 814 g/mol. The third-order valence-electron chi connectivity index (χ3n) is 8.49. The zero-order valence-corrected chi connectivity index (χ0v) is 29.9. The Hall–Kier alpha value is -4.36. The highest BCUT2D eigenvalue weighted by atomic mass is 127. The van der Waals surface area contributed by atoms with Gasteiger partial charge in [-0.1, -0.05) is 102 Å². The Morgan fingerprint density at radius 2 is 1.15 bits per heavy atom. The van der Waals surface area contributed by atoms with Crippen LogP contribution >= 0.6 is 45.2 Å². The fourth-order valence-corrected chi connectivity index (χ4v) is 8.24. The number of halogens is 2. The first-order valence-corrected chi connectivity index (χ1v) is 17.3. The number of fused-ring (bicyclic) bond motifs is 1. The highest BCUT2D eigenvalue weighted by Gasteiger charge is 2.32. The van der Waals surface area contributed by atoms with Gasteiger partial charge >= 0.3 is 0 Å². The van der Waals surface area contributed by atoms with E-state index in [2.05, 4.69) is 89.8 Å². The topological polar surface area (TPSA) is 107 Å². The summed E-state index contributed by atoms with van der Waals surface area (Å²) in [6, 6.07) is 34.5. The summed E-state index contributed by atoms with van der Waals surface area (Å²) in [6.07, 6.45) is 0.